The van der Waals surface area contributed by atoms with Crippen molar-refractivity contribution in [3.05, 3.63) is 77.4 Å². The third-order valence-corrected chi connectivity index (χ3v) is 6.30. The fraction of sp³-hybridized carbons (Fsp3) is 0.261. The molecule has 0 radical (unpaired) electrons. The number of unbranched alkanes of at least 4 members (excludes halogenated alkanes) is 1. The molecule has 1 aliphatic heterocycles. The van der Waals surface area contributed by atoms with Crippen LogP contribution in [-0.2, 0) is 15.8 Å². The lowest BCUT2D eigenvalue weighted by Crippen LogP contribution is -2.30. The number of sulfonamides is 1. The first-order valence-corrected chi connectivity index (χ1v) is 11.9. The number of carbonyl (C=O) groups excluding carboxylic acids is 3. The van der Waals surface area contributed by atoms with Gasteiger partial charge in [-0.15, -0.1) is 6.58 Å². The van der Waals surface area contributed by atoms with Gasteiger partial charge in [-0.2, -0.15) is 0 Å². The molecule has 0 spiro atoms. The van der Waals surface area contributed by atoms with Crippen LogP contribution in [0.15, 0.2) is 55.1 Å². The van der Waals surface area contributed by atoms with Crippen molar-refractivity contribution in [2.45, 2.75) is 25.5 Å². The number of hydrogen-bond donors (Lipinski definition) is 2. The minimum atomic E-state index is -3.47. The number of anilines is 1. The summed E-state index contributed by atoms with van der Waals surface area (Å²) >= 11 is 0. The van der Waals surface area contributed by atoms with Crippen molar-refractivity contribution in [3.63, 3.8) is 0 Å². The topological polar surface area (TPSA) is 113 Å². The lowest BCUT2D eigenvalue weighted by molar-refractivity contribution is 0.0652. The maximum absolute atomic E-state index is 12.7. The Bertz CT molecular complexity index is 1160. The zero-order valence-electron chi connectivity index (χ0n) is 17.8. The SMILES string of the molecule is C=CCNS(=O)(=O)Cc1ccc(NC(=O)c2ccc3c(c2)C(=O)N(CCCC)C3=O)cc1. The van der Waals surface area contributed by atoms with Gasteiger partial charge in [0.15, 0.2) is 0 Å². The molecular formula is C23H25N3O5S. The molecule has 0 aromatic heterocycles. The highest BCUT2D eigenvalue weighted by Crippen LogP contribution is 2.25. The van der Waals surface area contributed by atoms with Gasteiger partial charge in [0.2, 0.25) is 10.0 Å². The van der Waals surface area contributed by atoms with E-state index in [2.05, 4.69) is 16.6 Å². The molecule has 3 rings (SSSR count). The van der Waals surface area contributed by atoms with Gasteiger partial charge in [-0.05, 0) is 42.3 Å². The van der Waals surface area contributed by atoms with E-state index in [0.29, 0.717) is 23.4 Å². The zero-order chi connectivity index (χ0) is 23.3. The van der Waals surface area contributed by atoms with Gasteiger partial charge < -0.3 is 5.32 Å². The summed E-state index contributed by atoms with van der Waals surface area (Å²) in [7, 11) is -3.47. The van der Waals surface area contributed by atoms with Crippen LogP contribution in [0.5, 0.6) is 0 Å². The monoisotopic (exact) mass is 455 g/mol. The number of carbonyl (C=O) groups is 3. The van der Waals surface area contributed by atoms with Gasteiger partial charge >= 0.3 is 0 Å². The Morgan fingerprint density at radius 3 is 2.41 bits per heavy atom. The Morgan fingerprint density at radius 1 is 1.06 bits per heavy atom. The van der Waals surface area contributed by atoms with Crippen LogP contribution < -0.4 is 10.0 Å². The highest BCUT2D eigenvalue weighted by molar-refractivity contribution is 7.88. The van der Waals surface area contributed by atoms with Crippen LogP contribution in [-0.4, -0.2) is 44.1 Å². The summed E-state index contributed by atoms with van der Waals surface area (Å²) in [4.78, 5) is 38.9. The van der Waals surface area contributed by atoms with E-state index < -0.39 is 15.9 Å². The number of benzene rings is 2. The van der Waals surface area contributed by atoms with Crippen molar-refractivity contribution in [2.75, 3.05) is 18.4 Å². The molecule has 0 bridgehead atoms. The molecule has 2 aromatic rings. The number of rotatable bonds is 10. The van der Waals surface area contributed by atoms with E-state index in [9.17, 15) is 22.8 Å². The molecule has 0 fully saturated rings. The molecule has 8 nitrogen and oxygen atoms in total. The Balaban J connectivity index is 1.68. The summed E-state index contributed by atoms with van der Waals surface area (Å²) in [6.07, 6.45) is 3.04. The number of fused-ring (bicyclic) bond motifs is 1. The third kappa shape index (κ3) is 5.30. The predicted molar refractivity (Wildman–Crippen MR) is 122 cm³/mol. The second-order valence-electron chi connectivity index (χ2n) is 7.42. The number of imide groups is 1. The van der Waals surface area contributed by atoms with Crippen molar-refractivity contribution >= 4 is 33.4 Å². The zero-order valence-corrected chi connectivity index (χ0v) is 18.6. The van der Waals surface area contributed by atoms with Gasteiger partial charge in [0.05, 0.1) is 16.9 Å². The van der Waals surface area contributed by atoms with Gasteiger partial charge in [-0.3, -0.25) is 19.3 Å². The molecule has 2 N–H and O–H groups in total. The van der Waals surface area contributed by atoms with Gasteiger partial charge in [-0.1, -0.05) is 31.6 Å². The molecule has 2 aromatic carbocycles. The Hall–Kier alpha value is -3.30. The van der Waals surface area contributed by atoms with E-state index in [4.69, 9.17) is 0 Å². The fourth-order valence-electron chi connectivity index (χ4n) is 3.30. The Labute approximate surface area is 187 Å². The minimum Gasteiger partial charge on any atom is -0.322 e. The summed E-state index contributed by atoms with van der Waals surface area (Å²) in [5, 5.41) is 2.72. The molecule has 0 saturated heterocycles. The lowest BCUT2D eigenvalue weighted by atomic mass is 10.1. The number of hydrogen-bond acceptors (Lipinski definition) is 5. The summed E-state index contributed by atoms with van der Waals surface area (Å²) < 4.78 is 26.3. The quantitative estimate of drug-likeness (QED) is 0.423. The predicted octanol–water partition coefficient (Wildman–Crippen LogP) is 2.94. The smallest absolute Gasteiger partial charge is 0.261 e. The second-order valence-corrected chi connectivity index (χ2v) is 9.23. The van der Waals surface area contributed by atoms with E-state index >= 15 is 0 Å². The van der Waals surface area contributed by atoms with Gasteiger partial charge in [0.1, 0.15) is 0 Å². The van der Waals surface area contributed by atoms with Crippen LogP contribution in [0.4, 0.5) is 5.69 Å². The van der Waals surface area contributed by atoms with Crippen molar-refractivity contribution < 1.29 is 22.8 Å². The van der Waals surface area contributed by atoms with Crippen LogP contribution >= 0.6 is 0 Å². The summed E-state index contributed by atoms with van der Waals surface area (Å²) in [5.41, 5.74) is 1.82. The molecular weight excluding hydrogens is 430 g/mol. The molecule has 3 amide bonds. The molecule has 0 saturated carbocycles. The number of nitrogens with zero attached hydrogens (tertiary/aromatic N) is 1. The average Bonchev–Trinajstić information content (AvgIpc) is 3.01. The molecule has 0 unspecified atom stereocenters. The molecule has 0 aliphatic carbocycles. The summed E-state index contributed by atoms with van der Waals surface area (Å²) in [6.45, 7) is 5.96. The minimum absolute atomic E-state index is 0.154. The first-order valence-electron chi connectivity index (χ1n) is 10.2. The average molecular weight is 456 g/mol. The van der Waals surface area contributed by atoms with Crippen LogP contribution in [0.3, 0.4) is 0 Å². The van der Waals surface area contributed by atoms with Crippen molar-refractivity contribution in [3.8, 4) is 0 Å². The van der Waals surface area contributed by atoms with Crippen molar-refractivity contribution in [2.24, 2.45) is 0 Å². The summed E-state index contributed by atoms with van der Waals surface area (Å²) in [5.74, 6) is -1.35. The largest absolute Gasteiger partial charge is 0.322 e. The van der Waals surface area contributed by atoms with Crippen molar-refractivity contribution in [1.29, 1.82) is 0 Å². The second kappa shape index (κ2) is 9.88. The first-order chi connectivity index (χ1) is 15.3. The standard InChI is InChI=1S/C23H25N3O5S/c1-3-5-13-26-22(28)19-11-8-17(14-20(19)23(26)29)21(27)25-18-9-6-16(7-10-18)15-32(30,31)24-12-4-2/h4,6-11,14,24H,2-3,5,12-13,15H2,1H3,(H,25,27). The first kappa shape index (κ1) is 23.4. The molecule has 32 heavy (non-hydrogen) atoms. The van der Waals surface area contributed by atoms with E-state index in [0.717, 1.165) is 12.8 Å². The molecule has 168 valence electrons. The molecule has 0 atom stereocenters. The molecule has 1 heterocycles. The molecule has 9 heteroatoms. The van der Waals surface area contributed by atoms with Gasteiger partial charge in [0, 0.05) is 24.3 Å². The van der Waals surface area contributed by atoms with E-state index in [1.165, 1.54) is 29.2 Å². The number of amides is 3. The molecule has 1 aliphatic rings. The van der Waals surface area contributed by atoms with E-state index in [1.54, 1.807) is 24.3 Å². The maximum Gasteiger partial charge on any atom is 0.261 e. The maximum atomic E-state index is 12.7. The fourth-order valence-corrected chi connectivity index (χ4v) is 4.40. The van der Waals surface area contributed by atoms with Gasteiger partial charge in [-0.25, -0.2) is 13.1 Å². The van der Waals surface area contributed by atoms with Gasteiger partial charge in [0.25, 0.3) is 17.7 Å². The van der Waals surface area contributed by atoms with Crippen LogP contribution in [0.1, 0.15) is 56.4 Å². The highest BCUT2D eigenvalue weighted by Gasteiger charge is 2.35. The Kier molecular flexibility index (Phi) is 7.22. The normalized spacial score (nSPS) is 13.2. The van der Waals surface area contributed by atoms with Crippen LogP contribution in [0.25, 0.3) is 0 Å². The number of nitrogens with one attached hydrogen (secondary N) is 2. The van der Waals surface area contributed by atoms with E-state index in [-0.39, 0.29) is 35.2 Å². The third-order valence-electron chi connectivity index (χ3n) is 4.98. The lowest BCUT2D eigenvalue weighted by Gasteiger charge is -2.12. The highest BCUT2D eigenvalue weighted by atomic mass is 32.2. The van der Waals surface area contributed by atoms with Crippen LogP contribution in [0.2, 0.25) is 0 Å². The van der Waals surface area contributed by atoms with Crippen molar-refractivity contribution in [1.82, 2.24) is 9.62 Å². The van der Waals surface area contributed by atoms with Crippen LogP contribution in [0, 0.1) is 0 Å². The Morgan fingerprint density at radius 2 is 1.75 bits per heavy atom. The van der Waals surface area contributed by atoms with E-state index in [1.807, 2.05) is 6.92 Å². The summed E-state index contributed by atoms with van der Waals surface area (Å²) in [6, 6.07) is 10.9.